The number of nitrogen functional groups attached to an aromatic ring is 1. The van der Waals surface area contributed by atoms with Crippen molar-refractivity contribution < 1.29 is 14.0 Å². The highest BCUT2D eigenvalue weighted by Gasteiger charge is 2.24. The van der Waals surface area contributed by atoms with Crippen LogP contribution in [0.1, 0.15) is 25.7 Å². The molecule has 30 heavy (non-hydrogen) atoms. The van der Waals surface area contributed by atoms with E-state index in [-0.39, 0.29) is 17.6 Å². The zero-order chi connectivity index (χ0) is 21.1. The summed E-state index contributed by atoms with van der Waals surface area (Å²) in [5.41, 5.74) is 8.31. The van der Waals surface area contributed by atoms with Crippen LogP contribution in [0.4, 0.5) is 20.6 Å². The molecular formula is C21H20FN5O2S. The van der Waals surface area contributed by atoms with E-state index >= 15 is 0 Å². The molecule has 4 rings (SSSR count). The molecule has 0 fully saturated rings. The third-order valence-corrected chi connectivity index (χ3v) is 5.98. The van der Waals surface area contributed by atoms with Crippen LogP contribution in [0, 0.1) is 5.82 Å². The highest BCUT2D eigenvalue weighted by atomic mass is 32.1. The number of nitrogens with zero attached hydrogens (tertiary/aromatic N) is 2. The molecule has 9 heteroatoms. The molecule has 0 bridgehead atoms. The van der Waals surface area contributed by atoms with Crippen molar-refractivity contribution in [3.05, 3.63) is 75.5 Å². The minimum absolute atomic E-state index is 0.156. The quantitative estimate of drug-likeness (QED) is 0.558. The maximum Gasteiger partial charge on any atom is 0.318 e. The predicted octanol–water partition coefficient (Wildman–Crippen LogP) is 3.38. The largest absolute Gasteiger partial charge is 0.397 e. The second-order valence-electron chi connectivity index (χ2n) is 6.94. The first-order valence-corrected chi connectivity index (χ1v) is 10.2. The van der Waals surface area contributed by atoms with E-state index in [4.69, 9.17) is 5.73 Å². The molecule has 3 amide bonds. The lowest BCUT2D eigenvalue weighted by atomic mass is 10.1. The molecular weight excluding hydrogens is 405 g/mol. The van der Waals surface area contributed by atoms with Gasteiger partial charge in [0.25, 0.3) is 5.91 Å². The molecule has 0 atom stereocenters. The Morgan fingerprint density at radius 1 is 1.27 bits per heavy atom. The zero-order valence-corrected chi connectivity index (χ0v) is 16.8. The molecule has 154 valence electrons. The van der Waals surface area contributed by atoms with Crippen LogP contribution in [0.3, 0.4) is 0 Å². The molecule has 0 saturated heterocycles. The molecule has 0 aliphatic carbocycles. The maximum atomic E-state index is 13.4. The van der Waals surface area contributed by atoms with E-state index in [0.29, 0.717) is 36.6 Å². The highest BCUT2D eigenvalue weighted by Crippen LogP contribution is 2.29. The van der Waals surface area contributed by atoms with Crippen molar-refractivity contribution in [1.29, 1.82) is 0 Å². The van der Waals surface area contributed by atoms with E-state index in [9.17, 15) is 14.0 Å². The number of urea groups is 1. The SMILES string of the molecule is Nc1ccc(F)cc1NC(=O)c1cc2c(s1)CN(C(=O)NCc1cccnc1)CC2. The van der Waals surface area contributed by atoms with E-state index < -0.39 is 5.82 Å². The first-order valence-electron chi connectivity index (χ1n) is 9.39. The standard InChI is InChI=1S/C21H20FN5O2S/c22-15-3-4-16(23)17(9-15)26-20(28)18-8-14-5-7-27(12-19(14)30-18)21(29)25-11-13-2-1-6-24-10-13/h1-4,6,8-10H,5,7,11-12,23H2,(H,25,29)(H,26,28). The number of aromatic nitrogens is 1. The molecule has 0 spiro atoms. The van der Waals surface area contributed by atoms with E-state index in [1.165, 1.54) is 29.5 Å². The van der Waals surface area contributed by atoms with Gasteiger partial charge >= 0.3 is 6.03 Å². The number of anilines is 2. The first-order chi connectivity index (χ1) is 14.5. The normalized spacial score (nSPS) is 12.9. The van der Waals surface area contributed by atoms with Gasteiger partial charge in [-0.25, -0.2) is 9.18 Å². The third kappa shape index (κ3) is 4.41. The summed E-state index contributed by atoms with van der Waals surface area (Å²) in [4.78, 5) is 32.3. The molecule has 2 aromatic heterocycles. The van der Waals surface area contributed by atoms with Gasteiger partial charge in [0.05, 0.1) is 22.8 Å². The predicted molar refractivity (Wildman–Crippen MR) is 114 cm³/mol. The summed E-state index contributed by atoms with van der Waals surface area (Å²) in [6.45, 7) is 1.41. The van der Waals surface area contributed by atoms with E-state index in [1.54, 1.807) is 17.3 Å². The number of halogens is 1. The topological polar surface area (TPSA) is 100 Å². The number of thiophene rings is 1. The number of amides is 3. The fourth-order valence-corrected chi connectivity index (χ4v) is 4.34. The molecule has 7 nitrogen and oxygen atoms in total. The number of hydrogen-bond donors (Lipinski definition) is 3. The number of pyridine rings is 1. The number of nitrogens with one attached hydrogen (secondary N) is 2. The smallest absolute Gasteiger partial charge is 0.318 e. The van der Waals surface area contributed by atoms with Crippen LogP contribution in [0.2, 0.25) is 0 Å². The van der Waals surface area contributed by atoms with Crippen molar-refractivity contribution >= 4 is 34.6 Å². The molecule has 3 aromatic rings. The Hall–Kier alpha value is -3.46. The van der Waals surface area contributed by atoms with Crippen molar-refractivity contribution in [2.45, 2.75) is 19.5 Å². The van der Waals surface area contributed by atoms with Crippen LogP contribution in [0.15, 0.2) is 48.8 Å². The Morgan fingerprint density at radius 3 is 2.93 bits per heavy atom. The zero-order valence-electron chi connectivity index (χ0n) is 16.0. The summed E-state index contributed by atoms with van der Waals surface area (Å²) >= 11 is 1.33. The van der Waals surface area contributed by atoms with Crippen molar-refractivity contribution in [2.75, 3.05) is 17.6 Å². The van der Waals surface area contributed by atoms with E-state index in [0.717, 1.165) is 16.0 Å². The Balaban J connectivity index is 1.39. The monoisotopic (exact) mass is 425 g/mol. The van der Waals surface area contributed by atoms with Gasteiger partial charge in [-0.05, 0) is 47.9 Å². The van der Waals surface area contributed by atoms with Gasteiger partial charge in [0.2, 0.25) is 0 Å². The number of rotatable bonds is 4. The second kappa shape index (κ2) is 8.50. The average molecular weight is 425 g/mol. The third-order valence-electron chi connectivity index (χ3n) is 4.82. The lowest BCUT2D eigenvalue weighted by Crippen LogP contribution is -2.42. The number of hydrogen-bond acceptors (Lipinski definition) is 5. The Kier molecular flexibility index (Phi) is 5.62. The summed E-state index contributed by atoms with van der Waals surface area (Å²) < 4.78 is 13.4. The van der Waals surface area contributed by atoms with Gasteiger partial charge in [-0.3, -0.25) is 9.78 Å². The van der Waals surface area contributed by atoms with Gasteiger partial charge < -0.3 is 21.3 Å². The Morgan fingerprint density at radius 2 is 2.13 bits per heavy atom. The van der Waals surface area contributed by atoms with Crippen molar-refractivity contribution in [2.24, 2.45) is 0 Å². The fourth-order valence-electron chi connectivity index (χ4n) is 3.22. The van der Waals surface area contributed by atoms with Crippen LogP contribution >= 0.6 is 11.3 Å². The highest BCUT2D eigenvalue weighted by molar-refractivity contribution is 7.14. The Bertz CT molecular complexity index is 1090. The minimum atomic E-state index is -0.474. The number of benzene rings is 1. The number of carbonyl (C=O) groups excluding carboxylic acids is 2. The van der Waals surface area contributed by atoms with Gasteiger partial charge in [0.15, 0.2) is 0 Å². The second-order valence-corrected chi connectivity index (χ2v) is 8.07. The number of carbonyl (C=O) groups is 2. The average Bonchev–Trinajstić information content (AvgIpc) is 3.19. The summed E-state index contributed by atoms with van der Waals surface area (Å²) in [6, 6.07) is 9.23. The summed E-state index contributed by atoms with van der Waals surface area (Å²) in [7, 11) is 0. The minimum Gasteiger partial charge on any atom is -0.397 e. The lowest BCUT2D eigenvalue weighted by Gasteiger charge is -2.27. The van der Waals surface area contributed by atoms with Gasteiger partial charge in [-0.1, -0.05) is 6.07 Å². The molecule has 0 radical (unpaired) electrons. The fraction of sp³-hybridized carbons (Fsp3) is 0.190. The van der Waals surface area contributed by atoms with Crippen LogP contribution in [0.5, 0.6) is 0 Å². The van der Waals surface area contributed by atoms with E-state index in [2.05, 4.69) is 15.6 Å². The molecule has 0 unspecified atom stereocenters. The van der Waals surface area contributed by atoms with Gasteiger partial charge in [-0.2, -0.15) is 0 Å². The number of nitrogens with two attached hydrogens (primary N) is 1. The van der Waals surface area contributed by atoms with Crippen molar-refractivity contribution in [1.82, 2.24) is 15.2 Å². The van der Waals surface area contributed by atoms with Crippen molar-refractivity contribution in [3.63, 3.8) is 0 Å². The molecule has 3 heterocycles. The first kappa shape index (κ1) is 19.8. The van der Waals surface area contributed by atoms with Gasteiger partial charge in [0, 0.05) is 30.4 Å². The van der Waals surface area contributed by atoms with Crippen molar-refractivity contribution in [3.8, 4) is 0 Å². The van der Waals surface area contributed by atoms with Crippen LogP contribution < -0.4 is 16.4 Å². The molecule has 1 aliphatic heterocycles. The summed E-state index contributed by atoms with van der Waals surface area (Å²) in [5, 5.41) is 5.55. The molecule has 1 aliphatic rings. The summed E-state index contributed by atoms with van der Waals surface area (Å²) in [6.07, 6.45) is 4.07. The van der Waals surface area contributed by atoms with Crippen LogP contribution in [0.25, 0.3) is 0 Å². The Labute approximate surface area is 176 Å². The molecule has 1 aromatic carbocycles. The molecule has 0 saturated carbocycles. The van der Waals surface area contributed by atoms with Gasteiger partial charge in [0.1, 0.15) is 5.82 Å². The van der Waals surface area contributed by atoms with Gasteiger partial charge in [-0.15, -0.1) is 11.3 Å². The van der Waals surface area contributed by atoms with Crippen LogP contribution in [-0.4, -0.2) is 28.4 Å². The lowest BCUT2D eigenvalue weighted by molar-refractivity contribution is 0.103. The van der Waals surface area contributed by atoms with E-state index in [1.807, 2.05) is 18.2 Å². The van der Waals surface area contributed by atoms with Crippen LogP contribution in [-0.2, 0) is 19.5 Å². The summed E-state index contributed by atoms with van der Waals surface area (Å²) in [5.74, 6) is -0.822. The maximum absolute atomic E-state index is 13.4. The molecule has 4 N–H and O–H groups in total. The number of fused-ring (bicyclic) bond motifs is 1.